The molecule has 0 bridgehead atoms. The van der Waals surface area contributed by atoms with Crippen LogP contribution in [-0.4, -0.2) is 0 Å². The fourth-order valence-electron chi connectivity index (χ4n) is 6.78. The molecule has 1 aromatic rings. The fourth-order valence-corrected chi connectivity index (χ4v) is 6.78. The van der Waals surface area contributed by atoms with Gasteiger partial charge in [-0.1, -0.05) is 187 Å². The van der Waals surface area contributed by atoms with Crippen molar-refractivity contribution in [2.24, 2.45) is 5.41 Å². The molecule has 0 N–H and O–H groups in total. The molecule has 1 heterocycles. The van der Waals surface area contributed by atoms with E-state index in [1.54, 1.807) is 0 Å². The van der Waals surface area contributed by atoms with Crippen LogP contribution in [0.1, 0.15) is 207 Å². The summed E-state index contributed by atoms with van der Waals surface area (Å²) in [5, 5.41) is 0. The first-order valence-electron chi connectivity index (χ1n) is 18.7. The number of nitrogens with zero attached hydrogens (tertiary/aromatic N) is 1. The standard InChI is InChI=1S/C39H74N/c1-4-7-10-13-16-18-21-24-28-33-39(32-27-23-20-15-12-9-6-3,35-38-40-36-30-26-31-37-40)34-29-25-22-19-17-14-11-8-5-2/h26,30-31,36-37H,4-25,27-29,32-35,38H2,1-3H3/q+1. The summed E-state index contributed by atoms with van der Waals surface area (Å²) in [7, 11) is 0. The van der Waals surface area contributed by atoms with Gasteiger partial charge >= 0.3 is 0 Å². The zero-order chi connectivity index (χ0) is 28.8. The van der Waals surface area contributed by atoms with Crippen molar-refractivity contribution >= 4 is 0 Å². The molecule has 0 spiro atoms. The summed E-state index contributed by atoms with van der Waals surface area (Å²) in [5.41, 5.74) is 0.564. The third-order valence-electron chi connectivity index (χ3n) is 9.61. The third kappa shape index (κ3) is 21.8. The van der Waals surface area contributed by atoms with Crippen molar-refractivity contribution in [2.45, 2.75) is 214 Å². The predicted octanol–water partition coefficient (Wildman–Crippen LogP) is 13.3. The van der Waals surface area contributed by atoms with Gasteiger partial charge in [0.2, 0.25) is 0 Å². The highest BCUT2D eigenvalue weighted by Crippen LogP contribution is 2.41. The smallest absolute Gasteiger partial charge is 0.168 e. The van der Waals surface area contributed by atoms with Gasteiger partial charge in [0, 0.05) is 18.6 Å². The maximum atomic E-state index is 2.45. The van der Waals surface area contributed by atoms with Gasteiger partial charge in [-0.2, -0.15) is 0 Å². The van der Waals surface area contributed by atoms with Crippen LogP contribution in [0.2, 0.25) is 0 Å². The van der Waals surface area contributed by atoms with Crippen molar-refractivity contribution in [3.63, 3.8) is 0 Å². The first kappa shape index (κ1) is 37.2. The average molecular weight is 557 g/mol. The van der Waals surface area contributed by atoms with Gasteiger partial charge in [0.05, 0.1) is 0 Å². The first-order chi connectivity index (χ1) is 19.8. The molecule has 1 aromatic heterocycles. The van der Waals surface area contributed by atoms with E-state index in [2.05, 4.69) is 55.9 Å². The molecule has 0 amide bonds. The van der Waals surface area contributed by atoms with Crippen molar-refractivity contribution in [1.82, 2.24) is 0 Å². The van der Waals surface area contributed by atoms with Crippen LogP contribution in [-0.2, 0) is 6.54 Å². The number of aromatic nitrogens is 1. The normalized spacial score (nSPS) is 11.9. The molecular weight excluding hydrogens is 482 g/mol. The van der Waals surface area contributed by atoms with E-state index in [0.717, 1.165) is 0 Å². The molecule has 1 rings (SSSR count). The molecule has 1 nitrogen and oxygen atoms in total. The van der Waals surface area contributed by atoms with Gasteiger partial charge in [-0.05, 0) is 24.7 Å². The van der Waals surface area contributed by atoms with Crippen LogP contribution in [0.25, 0.3) is 0 Å². The zero-order valence-corrected chi connectivity index (χ0v) is 28.0. The van der Waals surface area contributed by atoms with E-state index in [1.165, 1.54) is 193 Å². The SMILES string of the molecule is CCCCCCCCCCCC(CCCCCCCCC)(CCCCCCCCCCC)CC[n+]1ccccc1. The lowest BCUT2D eigenvalue weighted by molar-refractivity contribution is -0.699. The Hall–Kier alpha value is -0.850. The minimum atomic E-state index is 0.564. The first-order valence-corrected chi connectivity index (χ1v) is 18.7. The van der Waals surface area contributed by atoms with Crippen LogP contribution < -0.4 is 4.57 Å². The fraction of sp³-hybridized carbons (Fsp3) is 0.872. The summed E-state index contributed by atoms with van der Waals surface area (Å²) < 4.78 is 2.45. The number of hydrogen-bond acceptors (Lipinski definition) is 0. The second-order valence-corrected chi connectivity index (χ2v) is 13.4. The lowest BCUT2D eigenvalue weighted by Gasteiger charge is -2.34. The van der Waals surface area contributed by atoms with Gasteiger partial charge in [-0.3, -0.25) is 0 Å². The summed E-state index contributed by atoms with van der Waals surface area (Å²) in [6.45, 7) is 8.18. The van der Waals surface area contributed by atoms with E-state index >= 15 is 0 Å². The van der Waals surface area contributed by atoms with Crippen LogP contribution in [0.15, 0.2) is 30.6 Å². The van der Waals surface area contributed by atoms with Crippen molar-refractivity contribution in [3.8, 4) is 0 Å². The van der Waals surface area contributed by atoms with Gasteiger partial charge in [-0.25, -0.2) is 4.57 Å². The maximum Gasteiger partial charge on any atom is 0.168 e. The van der Waals surface area contributed by atoms with Crippen LogP contribution in [0.3, 0.4) is 0 Å². The number of pyridine rings is 1. The summed E-state index contributed by atoms with van der Waals surface area (Å²) in [5.74, 6) is 0. The summed E-state index contributed by atoms with van der Waals surface area (Å²) in [4.78, 5) is 0. The molecule has 234 valence electrons. The monoisotopic (exact) mass is 557 g/mol. The van der Waals surface area contributed by atoms with Gasteiger partial charge in [0.1, 0.15) is 6.54 Å². The summed E-state index contributed by atoms with van der Waals surface area (Å²) in [6, 6.07) is 6.57. The molecule has 0 fully saturated rings. The van der Waals surface area contributed by atoms with E-state index in [4.69, 9.17) is 0 Å². The van der Waals surface area contributed by atoms with Gasteiger partial charge in [0.25, 0.3) is 0 Å². The van der Waals surface area contributed by atoms with Crippen molar-refractivity contribution in [1.29, 1.82) is 0 Å². The quantitative estimate of drug-likeness (QED) is 0.0632. The maximum absolute atomic E-state index is 2.45. The summed E-state index contributed by atoms with van der Waals surface area (Å²) in [6.07, 6.45) is 46.5. The van der Waals surface area contributed by atoms with Crippen molar-refractivity contribution < 1.29 is 4.57 Å². The van der Waals surface area contributed by atoms with Gasteiger partial charge in [0.15, 0.2) is 12.4 Å². The molecule has 40 heavy (non-hydrogen) atoms. The Kier molecular flexibility index (Phi) is 26.3. The molecule has 1 heteroatoms. The number of aryl methyl sites for hydroxylation is 1. The lowest BCUT2D eigenvalue weighted by Crippen LogP contribution is -2.36. The van der Waals surface area contributed by atoms with Crippen LogP contribution in [0.4, 0.5) is 0 Å². The van der Waals surface area contributed by atoms with Crippen molar-refractivity contribution in [3.05, 3.63) is 30.6 Å². The Balaban J connectivity index is 2.62. The van der Waals surface area contributed by atoms with E-state index < -0.39 is 0 Å². The highest BCUT2D eigenvalue weighted by molar-refractivity contribution is 4.84. The molecule has 0 saturated carbocycles. The zero-order valence-electron chi connectivity index (χ0n) is 28.0. The van der Waals surface area contributed by atoms with Gasteiger partial charge < -0.3 is 0 Å². The van der Waals surface area contributed by atoms with Crippen LogP contribution in [0, 0.1) is 5.41 Å². The minimum absolute atomic E-state index is 0.564. The largest absolute Gasteiger partial charge is 0.205 e. The van der Waals surface area contributed by atoms with Gasteiger partial charge in [-0.15, -0.1) is 0 Å². The van der Waals surface area contributed by atoms with Crippen molar-refractivity contribution in [2.75, 3.05) is 0 Å². The molecule has 0 saturated heterocycles. The second kappa shape index (κ2) is 28.3. The lowest BCUT2D eigenvalue weighted by atomic mass is 9.71. The predicted molar refractivity (Wildman–Crippen MR) is 180 cm³/mol. The number of rotatable bonds is 31. The highest BCUT2D eigenvalue weighted by atomic mass is 14.9. The van der Waals surface area contributed by atoms with E-state index in [1.807, 2.05) is 0 Å². The van der Waals surface area contributed by atoms with Crippen LogP contribution >= 0.6 is 0 Å². The molecule has 0 aliphatic rings. The topological polar surface area (TPSA) is 3.88 Å². The molecular formula is C39H74N+. The molecule has 0 aromatic carbocycles. The highest BCUT2D eigenvalue weighted by Gasteiger charge is 2.30. The Morgan fingerprint density at radius 3 is 0.975 bits per heavy atom. The number of unbranched alkanes of at least 4 members (excludes halogenated alkanes) is 22. The van der Waals surface area contributed by atoms with E-state index in [0.29, 0.717) is 5.41 Å². The van der Waals surface area contributed by atoms with Crippen LogP contribution in [0.5, 0.6) is 0 Å². The Bertz CT molecular complexity index is 586. The minimum Gasteiger partial charge on any atom is -0.205 e. The Morgan fingerprint density at radius 2 is 0.650 bits per heavy atom. The molecule has 0 atom stereocenters. The van der Waals surface area contributed by atoms with E-state index in [9.17, 15) is 0 Å². The molecule has 0 unspecified atom stereocenters. The number of hydrogen-bond donors (Lipinski definition) is 0. The average Bonchev–Trinajstić information content (AvgIpc) is 2.98. The summed E-state index contributed by atoms with van der Waals surface area (Å²) >= 11 is 0. The Labute approximate surface area is 253 Å². The molecule has 0 aliphatic heterocycles. The van der Waals surface area contributed by atoms with E-state index in [-0.39, 0.29) is 0 Å². The third-order valence-corrected chi connectivity index (χ3v) is 9.61. The Morgan fingerprint density at radius 1 is 0.350 bits per heavy atom. The molecule has 0 aliphatic carbocycles. The second-order valence-electron chi connectivity index (χ2n) is 13.4. The molecule has 0 radical (unpaired) electrons.